The molecule has 26 heavy (non-hydrogen) atoms. The van der Waals surface area contributed by atoms with Crippen molar-refractivity contribution in [3.05, 3.63) is 46.2 Å². The minimum atomic E-state index is -0.380. The molecule has 7 nitrogen and oxygen atoms in total. The van der Waals surface area contributed by atoms with Crippen molar-refractivity contribution in [2.24, 2.45) is 5.73 Å². The maximum absolute atomic E-state index is 12.9. The number of urea groups is 1. The van der Waals surface area contributed by atoms with Crippen molar-refractivity contribution in [1.29, 1.82) is 0 Å². The standard InChI is InChI=1S/C17H20FN5O2S/c18-11-1-3-12(4-2-11)20-17(25)21-13-6-8-23(9-13)16(24)14-10-26-15(22-14)5-7-19/h1-4,10,13H,5-9,19H2,(H2,20,21,25). The Morgan fingerprint density at radius 2 is 2.12 bits per heavy atom. The van der Waals surface area contributed by atoms with Gasteiger partial charge < -0.3 is 21.3 Å². The van der Waals surface area contributed by atoms with Crippen LogP contribution in [0.25, 0.3) is 0 Å². The molecule has 0 aliphatic carbocycles. The zero-order chi connectivity index (χ0) is 18.5. The van der Waals surface area contributed by atoms with E-state index in [1.54, 1.807) is 10.3 Å². The third-order valence-corrected chi connectivity index (χ3v) is 4.95. The highest BCUT2D eigenvalue weighted by atomic mass is 32.1. The first-order valence-electron chi connectivity index (χ1n) is 8.32. The van der Waals surface area contributed by atoms with Gasteiger partial charge in [-0.05, 0) is 37.2 Å². The molecule has 1 aromatic heterocycles. The fraction of sp³-hybridized carbons (Fsp3) is 0.353. The van der Waals surface area contributed by atoms with Crippen LogP contribution in [0, 0.1) is 5.82 Å². The maximum Gasteiger partial charge on any atom is 0.319 e. The zero-order valence-corrected chi connectivity index (χ0v) is 14.9. The lowest BCUT2D eigenvalue weighted by Crippen LogP contribution is -2.40. The van der Waals surface area contributed by atoms with Gasteiger partial charge in [0.15, 0.2) is 0 Å². The molecule has 1 aliphatic rings. The zero-order valence-electron chi connectivity index (χ0n) is 14.1. The van der Waals surface area contributed by atoms with Gasteiger partial charge in [-0.25, -0.2) is 14.2 Å². The van der Waals surface area contributed by atoms with Crippen LogP contribution in [0.2, 0.25) is 0 Å². The van der Waals surface area contributed by atoms with Crippen LogP contribution in [0.4, 0.5) is 14.9 Å². The van der Waals surface area contributed by atoms with Gasteiger partial charge in [-0.2, -0.15) is 0 Å². The van der Waals surface area contributed by atoms with Crippen LogP contribution in [-0.4, -0.2) is 47.5 Å². The molecular weight excluding hydrogens is 357 g/mol. The van der Waals surface area contributed by atoms with Gasteiger partial charge in [0.2, 0.25) is 0 Å². The Morgan fingerprint density at radius 1 is 1.35 bits per heavy atom. The molecule has 1 aromatic carbocycles. The lowest BCUT2D eigenvalue weighted by molar-refractivity contribution is 0.0784. The molecule has 3 rings (SSSR count). The summed E-state index contributed by atoms with van der Waals surface area (Å²) in [6.45, 7) is 1.49. The number of amides is 3. The number of nitrogens with one attached hydrogen (secondary N) is 2. The number of carbonyl (C=O) groups is 2. The fourth-order valence-corrected chi connectivity index (χ4v) is 3.55. The minimum absolute atomic E-state index is 0.132. The number of carbonyl (C=O) groups excluding carboxylic acids is 2. The number of nitrogens with zero attached hydrogens (tertiary/aromatic N) is 2. The second kappa shape index (κ2) is 8.24. The third kappa shape index (κ3) is 4.55. The maximum atomic E-state index is 12.9. The Kier molecular flexibility index (Phi) is 5.79. The predicted octanol–water partition coefficient (Wildman–Crippen LogP) is 1.82. The average Bonchev–Trinajstić information content (AvgIpc) is 3.26. The second-order valence-corrected chi connectivity index (χ2v) is 6.95. The van der Waals surface area contributed by atoms with Crippen molar-refractivity contribution in [2.45, 2.75) is 18.9 Å². The number of rotatable bonds is 5. The molecule has 0 bridgehead atoms. The Hall–Kier alpha value is -2.52. The molecule has 1 unspecified atom stereocenters. The van der Waals surface area contributed by atoms with Crippen molar-refractivity contribution in [3.8, 4) is 0 Å². The van der Waals surface area contributed by atoms with Gasteiger partial charge in [-0.3, -0.25) is 4.79 Å². The quantitative estimate of drug-likeness (QED) is 0.740. The Bertz CT molecular complexity index is 780. The van der Waals surface area contributed by atoms with Crippen LogP contribution >= 0.6 is 11.3 Å². The lowest BCUT2D eigenvalue weighted by atomic mass is 10.2. The van der Waals surface area contributed by atoms with Crippen molar-refractivity contribution in [3.63, 3.8) is 0 Å². The molecule has 1 saturated heterocycles. The molecule has 3 amide bonds. The lowest BCUT2D eigenvalue weighted by Gasteiger charge is -2.16. The van der Waals surface area contributed by atoms with Crippen molar-refractivity contribution in [1.82, 2.24) is 15.2 Å². The van der Waals surface area contributed by atoms with Crippen LogP contribution in [0.1, 0.15) is 21.9 Å². The largest absolute Gasteiger partial charge is 0.335 e. The number of nitrogens with two attached hydrogens (primary N) is 1. The molecule has 4 N–H and O–H groups in total. The van der Waals surface area contributed by atoms with E-state index in [1.807, 2.05) is 0 Å². The van der Waals surface area contributed by atoms with E-state index >= 15 is 0 Å². The summed E-state index contributed by atoms with van der Waals surface area (Å²) in [7, 11) is 0. The van der Waals surface area contributed by atoms with E-state index in [-0.39, 0.29) is 23.8 Å². The van der Waals surface area contributed by atoms with E-state index in [9.17, 15) is 14.0 Å². The Balaban J connectivity index is 1.50. The second-order valence-electron chi connectivity index (χ2n) is 6.01. The summed E-state index contributed by atoms with van der Waals surface area (Å²) in [5.74, 6) is -0.495. The average molecular weight is 377 g/mol. The molecule has 2 aromatic rings. The third-order valence-electron chi connectivity index (χ3n) is 4.04. The van der Waals surface area contributed by atoms with Crippen molar-refractivity contribution < 1.29 is 14.0 Å². The molecule has 1 aliphatic heterocycles. The van der Waals surface area contributed by atoms with Gasteiger partial charge in [0.25, 0.3) is 5.91 Å². The van der Waals surface area contributed by atoms with E-state index in [0.29, 0.717) is 43.9 Å². The van der Waals surface area contributed by atoms with Crippen molar-refractivity contribution in [2.75, 3.05) is 25.0 Å². The van der Waals surface area contributed by atoms with Gasteiger partial charge in [0.1, 0.15) is 11.5 Å². The molecule has 1 fully saturated rings. The van der Waals surface area contributed by atoms with Crippen molar-refractivity contribution >= 4 is 29.0 Å². The van der Waals surface area contributed by atoms with Crippen LogP contribution in [0.15, 0.2) is 29.6 Å². The van der Waals surface area contributed by atoms with E-state index in [1.165, 1.54) is 35.6 Å². The number of benzene rings is 1. The summed E-state index contributed by atoms with van der Waals surface area (Å²) in [6, 6.07) is 5.01. The number of halogens is 1. The van der Waals surface area contributed by atoms with E-state index in [2.05, 4.69) is 15.6 Å². The summed E-state index contributed by atoms with van der Waals surface area (Å²) in [5.41, 5.74) is 6.43. The predicted molar refractivity (Wildman–Crippen MR) is 97.7 cm³/mol. The normalized spacial score (nSPS) is 16.5. The minimum Gasteiger partial charge on any atom is -0.335 e. The Morgan fingerprint density at radius 3 is 2.85 bits per heavy atom. The van der Waals surface area contributed by atoms with Crippen LogP contribution in [0.5, 0.6) is 0 Å². The molecule has 0 radical (unpaired) electrons. The topological polar surface area (TPSA) is 100 Å². The number of anilines is 1. The smallest absolute Gasteiger partial charge is 0.319 e. The van der Waals surface area contributed by atoms with Gasteiger partial charge in [-0.15, -0.1) is 11.3 Å². The van der Waals surface area contributed by atoms with Crippen LogP contribution in [0.3, 0.4) is 0 Å². The van der Waals surface area contributed by atoms with Crippen LogP contribution < -0.4 is 16.4 Å². The number of thiazole rings is 1. The SMILES string of the molecule is NCCc1nc(C(=O)N2CCC(NC(=O)Nc3ccc(F)cc3)C2)cs1. The fourth-order valence-electron chi connectivity index (χ4n) is 2.76. The Labute approximate surface area is 154 Å². The number of likely N-dealkylation sites (tertiary alicyclic amines) is 1. The molecule has 2 heterocycles. The number of hydrogen-bond donors (Lipinski definition) is 3. The summed E-state index contributed by atoms with van der Waals surface area (Å²) in [6.07, 6.45) is 1.33. The highest BCUT2D eigenvalue weighted by Gasteiger charge is 2.29. The first kappa shape index (κ1) is 18.3. The molecule has 9 heteroatoms. The summed E-state index contributed by atoms with van der Waals surface area (Å²) in [5, 5.41) is 8.07. The molecule has 0 saturated carbocycles. The van der Waals surface area contributed by atoms with E-state index in [4.69, 9.17) is 5.73 Å². The first-order chi connectivity index (χ1) is 12.5. The van der Waals surface area contributed by atoms with Gasteiger partial charge in [0, 0.05) is 36.6 Å². The van der Waals surface area contributed by atoms with Gasteiger partial charge >= 0.3 is 6.03 Å². The molecular formula is C17H20FN5O2S. The van der Waals surface area contributed by atoms with E-state index < -0.39 is 0 Å². The van der Waals surface area contributed by atoms with Crippen LogP contribution in [-0.2, 0) is 6.42 Å². The molecule has 138 valence electrons. The number of hydrogen-bond acceptors (Lipinski definition) is 5. The van der Waals surface area contributed by atoms with E-state index in [0.717, 1.165) is 5.01 Å². The summed E-state index contributed by atoms with van der Waals surface area (Å²) < 4.78 is 12.9. The number of aromatic nitrogens is 1. The molecule has 0 spiro atoms. The van der Waals surface area contributed by atoms with Gasteiger partial charge in [-0.1, -0.05) is 0 Å². The summed E-state index contributed by atoms with van der Waals surface area (Å²) >= 11 is 1.43. The highest BCUT2D eigenvalue weighted by molar-refractivity contribution is 7.09. The highest BCUT2D eigenvalue weighted by Crippen LogP contribution is 2.17. The first-order valence-corrected chi connectivity index (χ1v) is 9.20. The monoisotopic (exact) mass is 377 g/mol. The van der Waals surface area contributed by atoms with Gasteiger partial charge in [0.05, 0.1) is 5.01 Å². The molecule has 1 atom stereocenters. The summed E-state index contributed by atoms with van der Waals surface area (Å²) in [4.78, 5) is 30.5.